The van der Waals surface area contributed by atoms with Crippen LogP contribution in [-0.4, -0.2) is 45.1 Å². The molecule has 0 unspecified atom stereocenters. The van der Waals surface area contributed by atoms with E-state index in [1.165, 1.54) is 0 Å². The van der Waals surface area contributed by atoms with Gasteiger partial charge < -0.3 is 14.9 Å². The van der Waals surface area contributed by atoms with Crippen LogP contribution in [0.3, 0.4) is 0 Å². The smallest absolute Gasteiger partial charge is 0.335 e. The number of benzene rings is 2. The van der Waals surface area contributed by atoms with Gasteiger partial charge in [-0.3, -0.25) is 9.69 Å². The lowest BCUT2D eigenvalue weighted by atomic mass is 9.98. The molecular weight excluding hydrogens is 488 g/mol. The maximum absolute atomic E-state index is 11.2. The first-order valence-electron chi connectivity index (χ1n) is 12.5. The fourth-order valence-electron chi connectivity index (χ4n) is 3.92. The molecule has 0 aliphatic heterocycles. The Kier molecular flexibility index (Phi) is 10.4. The van der Waals surface area contributed by atoms with Crippen LogP contribution in [0.5, 0.6) is 0 Å². The zero-order chi connectivity index (χ0) is 26.8. The van der Waals surface area contributed by atoms with Crippen molar-refractivity contribution in [2.45, 2.75) is 64.7 Å². The molecule has 0 saturated carbocycles. The van der Waals surface area contributed by atoms with E-state index in [1.54, 1.807) is 23.5 Å². The highest BCUT2D eigenvalue weighted by Gasteiger charge is 2.21. The standard InChI is InChI=1S/C29H36N2O5S/c1-29(2,3)28-30-17-24(37-28)20-36-25(22-9-5-4-6-10-22)19-31(16-8-7-11-26(32)33)18-21-12-14-23(15-13-21)27(34)35/h4-6,9-10,12-15,17,25H,7-8,11,16,18-20H2,1-3H3,(H,32,33)(H,34,35)/t25-/m0/s1. The van der Waals surface area contributed by atoms with Crippen LogP contribution in [0.25, 0.3) is 0 Å². The number of carboxylic acid groups (broad SMARTS) is 2. The van der Waals surface area contributed by atoms with Gasteiger partial charge in [0.2, 0.25) is 0 Å². The van der Waals surface area contributed by atoms with Crippen molar-refractivity contribution in [2.24, 2.45) is 0 Å². The number of carboxylic acids is 2. The van der Waals surface area contributed by atoms with E-state index in [1.807, 2.05) is 36.5 Å². The van der Waals surface area contributed by atoms with E-state index in [9.17, 15) is 14.7 Å². The van der Waals surface area contributed by atoms with Crippen molar-refractivity contribution >= 4 is 23.3 Å². The van der Waals surface area contributed by atoms with E-state index < -0.39 is 11.9 Å². The molecule has 0 bridgehead atoms. The fourth-order valence-corrected chi connectivity index (χ4v) is 4.81. The molecule has 7 nitrogen and oxygen atoms in total. The summed E-state index contributed by atoms with van der Waals surface area (Å²) in [4.78, 5) is 30.1. The van der Waals surface area contributed by atoms with E-state index in [0.717, 1.165) is 27.4 Å². The third kappa shape index (κ3) is 9.39. The first kappa shape index (κ1) is 28.5. The average molecular weight is 525 g/mol. The largest absolute Gasteiger partial charge is 0.481 e. The van der Waals surface area contributed by atoms with E-state index in [2.05, 4.69) is 42.8 Å². The molecule has 0 saturated heterocycles. The molecule has 0 amide bonds. The average Bonchev–Trinajstić information content (AvgIpc) is 3.35. The molecular formula is C29H36N2O5S. The van der Waals surface area contributed by atoms with Crippen LogP contribution in [0, 0.1) is 0 Å². The second-order valence-corrected chi connectivity index (χ2v) is 11.3. The summed E-state index contributed by atoms with van der Waals surface area (Å²) in [5, 5.41) is 19.3. The van der Waals surface area contributed by atoms with Gasteiger partial charge in [0.25, 0.3) is 0 Å². The minimum absolute atomic E-state index is 0.00924. The first-order valence-corrected chi connectivity index (χ1v) is 13.3. The van der Waals surface area contributed by atoms with Crippen molar-refractivity contribution in [3.63, 3.8) is 0 Å². The molecule has 1 heterocycles. The predicted octanol–water partition coefficient (Wildman–Crippen LogP) is 6.15. The second kappa shape index (κ2) is 13.5. The molecule has 0 aliphatic rings. The quantitative estimate of drug-likeness (QED) is 0.244. The van der Waals surface area contributed by atoms with Gasteiger partial charge in [0.15, 0.2) is 0 Å². The molecule has 0 aliphatic carbocycles. The van der Waals surface area contributed by atoms with Gasteiger partial charge in [-0.1, -0.05) is 63.2 Å². The van der Waals surface area contributed by atoms with E-state index in [0.29, 0.717) is 32.7 Å². The Bertz CT molecular complexity index is 1140. The van der Waals surface area contributed by atoms with Crippen LogP contribution in [0.2, 0.25) is 0 Å². The van der Waals surface area contributed by atoms with Gasteiger partial charge >= 0.3 is 11.9 Å². The molecule has 3 rings (SSSR count). The highest BCUT2D eigenvalue weighted by Crippen LogP contribution is 2.29. The summed E-state index contributed by atoms with van der Waals surface area (Å²) >= 11 is 1.67. The molecule has 1 aromatic heterocycles. The molecule has 2 aromatic carbocycles. The van der Waals surface area contributed by atoms with Crippen LogP contribution in [0.4, 0.5) is 0 Å². The Hall–Kier alpha value is -3.07. The number of aromatic nitrogens is 1. The van der Waals surface area contributed by atoms with Gasteiger partial charge in [-0.05, 0) is 42.6 Å². The summed E-state index contributed by atoms with van der Waals surface area (Å²) in [6.07, 6.45) is 3.17. The van der Waals surface area contributed by atoms with Crippen molar-refractivity contribution in [1.82, 2.24) is 9.88 Å². The summed E-state index contributed by atoms with van der Waals surface area (Å²) in [7, 11) is 0. The number of aliphatic carboxylic acids is 1. The molecule has 0 spiro atoms. The summed E-state index contributed by atoms with van der Waals surface area (Å²) in [6, 6.07) is 17.0. The van der Waals surface area contributed by atoms with Crippen LogP contribution in [0.1, 0.15) is 77.5 Å². The highest BCUT2D eigenvalue weighted by molar-refractivity contribution is 7.11. The number of rotatable bonds is 14. The van der Waals surface area contributed by atoms with Crippen LogP contribution >= 0.6 is 11.3 Å². The zero-order valence-electron chi connectivity index (χ0n) is 21.7. The molecule has 2 N–H and O–H groups in total. The van der Waals surface area contributed by atoms with Crippen molar-refractivity contribution in [2.75, 3.05) is 13.1 Å². The number of unbranched alkanes of at least 4 members (excludes halogenated alkanes) is 1. The minimum Gasteiger partial charge on any atom is -0.481 e. The van der Waals surface area contributed by atoms with Crippen molar-refractivity contribution in [1.29, 1.82) is 0 Å². The fraction of sp³-hybridized carbons (Fsp3) is 0.414. The molecule has 198 valence electrons. The van der Waals surface area contributed by atoms with Gasteiger partial charge in [-0.15, -0.1) is 11.3 Å². The first-order chi connectivity index (χ1) is 17.6. The highest BCUT2D eigenvalue weighted by atomic mass is 32.1. The normalized spacial score (nSPS) is 12.5. The predicted molar refractivity (Wildman–Crippen MR) is 145 cm³/mol. The topological polar surface area (TPSA) is 100.0 Å². The zero-order valence-corrected chi connectivity index (χ0v) is 22.5. The molecule has 0 fully saturated rings. The lowest BCUT2D eigenvalue weighted by Gasteiger charge is -2.28. The van der Waals surface area contributed by atoms with Gasteiger partial charge in [0, 0.05) is 31.1 Å². The van der Waals surface area contributed by atoms with Gasteiger partial charge in [-0.2, -0.15) is 0 Å². The lowest BCUT2D eigenvalue weighted by molar-refractivity contribution is -0.137. The van der Waals surface area contributed by atoms with Crippen LogP contribution < -0.4 is 0 Å². The summed E-state index contributed by atoms with van der Waals surface area (Å²) < 4.78 is 6.46. The van der Waals surface area contributed by atoms with Crippen LogP contribution in [-0.2, 0) is 28.1 Å². The number of nitrogens with zero attached hydrogens (tertiary/aromatic N) is 2. The van der Waals surface area contributed by atoms with Crippen LogP contribution in [0.15, 0.2) is 60.8 Å². The maximum Gasteiger partial charge on any atom is 0.335 e. The maximum atomic E-state index is 11.2. The number of carbonyl (C=O) groups is 2. The Labute approximate surface area is 222 Å². The summed E-state index contributed by atoms with van der Waals surface area (Å²) in [5.74, 6) is -1.74. The minimum atomic E-state index is -0.952. The number of aromatic carboxylic acids is 1. The van der Waals surface area contributed by atoms with E-state index in [-0.39, 0.29) is 23.5 Å². The number of hydrogen-bond donors (Lipinski definition) is 2. The van der Waals surface area contributed by atoms with Crippen molar-refractivity contribution in [3.8, 4) is 0 Å². The molecule has 8 heteroatoms. The lowest BCUT2D eigenvalue weighted by Crippen LogP contribution is -2.30. The SMILES string of the molecule is CC(C)(C)c1ncc(CO[C@@H](CN(CCCCC(=O)O)Cc2ccc(C(=O)O)cc2)c2ccccc2)s1. The second-order valence-electron chi connectivity index (χ2n) is 10.2. The number of hydrogen-bond acceptors (Lipinski definition) is 6. The Morgan fingerprint density at radius 1 is 1.03 bits per heavy atom. The van der Waals surface area contributed by atoms with Gasteiger partial charge in [-0.25, -0.2) is 9.78 Å². The Morgan fingerprint density at radius 2 is 1.73 bits per heavy atom. The molecule has 0 radical (unpaired) electrons. The Morgan fingerprint density at radius 3 is 2.32 bits per heavy atom. The third-order valence-electron chi connectivity index (χ3n) is 5.94. The number of thiazole rings is 1. The van der Waals surface area contributed by atoms with Gasteiger partial charge in [0.1, 0.15) is 0 Å². The van der Waals surface area contributed by atoms with Gasteiger partial charge in [0.05, 0.1) is 28.2 Å². The summed E-state index contributed by atoms with van der Waals surface area (Å²) in [6.45, 7) is 8.82. The summed E-state index contributed by atoms with van der Waals surface area (Å²) in [5.41, 5.74) is 2.30. The van der Waals surface area contributed by atoms with E-state index in [4.69, 9.17) is 9.84 Å². The van der Waals surface area contributed by atoms with Crippen molar-refractivity contribution in [3.05, 3.63) is 87.4 Å². The molecule has 1 atom stereocenters. The third-order valence-corrected chi connectivity index (χ3v) is 7.34. The molecule has 37 heavy (non-hydrogen) atoms. The molecule has 3 aromatic rings. The monoisotopic (exact) mass is 524 g/mol. The van der Waals surface area contributed by atoms with Crippen molar-refractivity contribution < 1.29 is 24.5 Å². The number of ether oxygens (including phenoxy) is 1. The van der Waals surface area contributed by atoms with E-state index >= 15 is 0 Å². The Balaban J connectivity index is 1.75.